The number of benzene rings is 1. The molecule has 5 heteroatoms. The molecule has 3 rings (SSSR count). The Balaban J connectivity index is 1.69. The lowest BCUT2D eigenvalue weighted by atomic mass is 10.1. The maximum Gasteiger partial charge on any atom is 0.231 e. The van der Waals surface area contributed by atoms with E-state index in [-0.39, 0.29) is 6.79 Å². The van der Waals surface area contributed by atoms with Crippen LogP contribution in [0.15, 0.2) is 29.0 Å². The van der Waals surface area contributed by atoms with Crippen molar-refractivity contribution in [3.05, 3.63) is 40.1 Å². The van der Waals surface area contributed by atoms with Crippen LogP contribution < -0.4 is 19.5 Å². The topological polar surface area (TPSA) is 39.7 Å². The van der Waals surface area contributed by atoms with Gasteiger partial charge in [0.25, 0.3) is 0 Å². The minimum atomic E-state index is 0.286. The number of thiophene rings is 1. The van der Waals surface area contributed by atoms with Crippen LogP contribution in [-0.4, -0.2) is 19.9 Å². The number of ether oxygens (including phenoxy) is 3. The molecule has 0 spiro atoms. The molecule has 2 heterocycles. The molecule has 0 bridgehead atoms. The third kappa shape index (κ3) is 3.49. The standard InChI is InChI=1S/C16H19NO3S/c1-2-17-9-13-7-15-16(20-11-19-15)8-14(13)18-5-3-12-4-6-21-10-12/h4,6-8,10,17H,2-3,5,9,11H2,1H3. The number of nitrogens with one attached hydrogen (secondary N) is 1. The second kappa shape index (κ2) is 6.83. The number of hydrogen-bond donors (Lipinski definition) is 1. The van der Waals surface area contributed by atoms with E-state index in [1.165, 1.54) is 5.56 Å². The van der Waals surface area contributed by atoms with Crippen LogP contribution in [0.25, 0.3) is 0 Å². The summed E-state index contributed by atoms with van der Waals surface area (Å²) in [6, 6.07) is 6.07. The largest absolute Gasteiger partial charge is 0.493 e. The van der Waals surface area contributed by atoms with Crippen LogP contribution >= 0.6 is 11.3 Å². The van der Waals surface area contributed by atoms with Gasteiger partial charge in [-0.25, -0.2) is 0 Å². The van der Waals surface area contributed by atoms with Crippen molar-refractivity contribution >= 4 is 11.3 Å². The highest BCUT2D eigenvalue weighted by molar-refractivity contribution is 7.07. The molecule has 0 aliphatic carbocycles. The summed E-state index contributed by atoms with van der Waals surface area (Å²) in [6.45, 7) is 4.72. The molecule has 1 aliphatic heterocycles. The lowest BCUT2D eigenvalue weighted by molar-refractivity contribution is 0.173. The summed E-state index contributed by atoms with van der Waals surface area (Å²) in [5.41, 5.74) is 2.42. The minimum Gasteiger partial charge on any atom is -0.493 e. The molecular formula is C16H19NO3S. The van der Waals surface area contributed by atoms with Gasteiger partial charge in [0.15, 0.2) is 11.5 Å². The van der Waals surface area contributed by atoms with Gasteiger partial charge in [0.05, 0.1) is 6.61 Å². The Bertz CT molecular complexity index is 583. The fraction of sp³-hybridized carbons (Fsp3) is 0.375. The molecule has 1 aromatic heterocycles. The van der Waals surface area contributed by atoms with Crippen LogP contribution in [-0.2, 0) is 13.0 Å². The van der Waals surface area contributed by atoms with Gasteiger partial charge in [-0.05, 0) is 35.0 Å². The zero-order valence-electron chi connectivity index (χ0n) is 12.1. The van der Waals surface area contributed by atoms with E-state index in [2.05, 4.69) is 29.1 Å². The van der Waals surface area contributed by atoms with Crippen LogP contribution in [0.4, 0.5) is 0 Å². The summed E-state index contributed by atoms with van der Waals surface area (Å²) in [5, 5.41) is 7.57. The van der Waals surface area contributed by atoms with Crippen molar-refractivity contribution in [1.29, 1.82) is 0 Å². The van der Waals surface area contributed by atoms with Gasteiger partial charge in [0.2, 0.25) is 6.79 Å². The molecule has 0 amide bonds. The van der Waals surface area contributed by atoms with Gasteiger partial charge in [-0.1, -0.05) is 6.92 Å². The van der Waals surface area contributed by atoms with Gasteiger partial charge >= 0.3 is 0 Å². The van der Waals surface area contributed by atoms with E-state index >= 15 is 0 Å². The molecule has 0 unspecified atom stereocenters. The third-order valence-electron chi connectivity index (χ3n) is 3.35. The molecule has 1 aliphatic rings. The molecule has 2 aromatic rings. The van der Waals surface area contributed by atoms with Crippen molar-refractivity contribution in [3.63, 3.8) is 0 Å². The van der Waals surface area contributed by atoms with Crippen LogP contribution in [0, 0.1) is 0 Å². The molecular weight excluding hydrogens is 286 g/mol. The fourth-order valence-corrected chi connectivity index (χ4v) is 2.91. The summed E-state index contributed by atoms with van der Waals surface area (Å²) < 4.78 is 16.8. The highest BCUT2D eigenvalue weighted by Gasteiger charge is 2.17. The van der Waals surface area contributed by atoms with E-state index in [9.17, 15) is 0 Å². The number of fused-ring (bicyclic) bond motifs is 1. The molecule has 112 valence electrons. The number of hydrogen-bond acceptors (Lipinski definition) is 5. The van der Waals surface area contributed by atoms with Crippen molar-refractivity contribution in [2.45, 2.75) is 19.9 Å². The Kier molecular flexibility index (Phi) is 4.62. The first-order valence-corrected chi connectivity index (χ1v) is 8.08. The van der Waals surface area contributed by atoms with Gasteiger partial charge in [-0.2, -0.15) is 11.3 Å². The maximum atomic E-state index is 5.96. The highest BCUT2D eigenvalue weighted by Crippen LogP contribution is 2.38. The Hall–Kier alpha value is -1.72. The molecule has 1 N–H and O–H groups in total. The first kappa shape index (κ1) is 14.2. The third-order valence-corrected chi connectivity index (χ3v) is 4.08. The van der Waals surface area contributed by atoms with Crippen LogP contribution in [0.5, 0.6) is 17.2 Å². The summed E-state index contributed by atoms with van der Waals surface area (Å²) in [7, 11) is 0. The quantitative estimate of drug-likeness (QED) is 0.852. The van der Waals surface area contributed by atoms with E-state index < -0.39 is 0 Å². The zero-order chi connectivity index (χ0) is 14.5. The predicted molar refractivity (Wildman–Crippen MR) is 83.5 cm³/mol. The summed E-state index contributed by atoms with van der Waals surface area (Å²) >= 11 is 1.71. The SMILES string of the molecule is CCNCc1cc2c(cc1OCCc1ccsc1)OCO2. The van der Waals surface area contributed by atoms with Crippen LogP contribution in [0.3, 0.4) is 0 Å². The second-order valence-corrected chi connectivity index (χ2v) is 5.60. The van der Waals surface area contributed by atoms with Gasteiger partial charge in [0, 0.05) is 24.6 Å². The highest BCUT2D eigenvalue weighted by atomic mass is 32.1. The first-order chi connectivity index (χ1) is 10.4. The summed E-state index contributed by atoms with van der Waals surface area (Å²) in [4.78, 5) is 0. The van der Waals surface area contributed by atoms with Gasteiger partial charge in [0.1, 0.15) is 5.75 Å². The van der Waals surface area contributed by atoms with Gasteiger partial charge in [-0.15, -0.1) is 0 Å². The molecule has 0 saturated carbocycles. The van der Waals surface area contributed by atoms with Crippen molar-refractivity contribution in [2.75, 3.05) is 19.9 Å². The molecule has 0 atom stereocenters. The maximum absolute atomic E-state index is 5.96. The lowest BCUT2D eigenvalue weighted by Gasteiger charge is -2.13. The van der Waals surface area contributed by atoms with Gasteiger partial charge in [-0.3, -0.25) is 0 Å². The Morgan fingerprint density at radius 3 is 2.90 bits per heavy atom. The molecule has 1 aromatic carbocycles. The molecule has 0 saturated heterocycles. The van der Waals surface area contributed by atoms with E-state index in [0.29, 0.717) is 6.61 Å². The summed E-state index contributed by atoms with van der Waals surface area (Å²) in [6.07, 6.45) is 0.915. The average Bonchev–Trinajstić information content (AvgIpc) is 3.15. The average molecular weight is 305 g/mol. The molecule has 0 radical (unpaired) electrons. The zero-order valence-corrected chi connectivity index (χ0v) is 12.9. The van der Waals surface area contributed by atoms with Crippen molar-refractivity contribution in [3.8, 4) is 17.2 Å². The van der Waals surface area contributed by atoms with E-state index in [1.54, 1.807) is 11.3 Å². The smallest absolute Gasteiger partial charge is 0.231 e. The monoisotopic (exact) mass is 305 g/mol. The first-order valence-electron chi connectivity index (χ1n) is 7.14. The molecule has 0 fully saturated rings. The second-order valence-electron chi connectivity index (χ2n) is 4.82. The van der Waals surface area contributed by atoms with E-state index in [4.69, 9.17) is 14.2 Å². The normalized spacial score (nSPS) is 12.6. The van der Waals surface area contributed by atoms with Gasteiger partial charge < -0.3 is 19.5 Å². The lowest BCUT2D eigenvalue weighted by Crippen LogP contribution is -2.13. The molecule has 4 nitrogen and oxygen atoms in total. The Morgan fingerprint density at radius 1 is 1.29 bits per heavy atom. The molecule has 21 heavy (non-hydrogen) atoms. The Labute approximate surface area is 128 Å². The van der Waals surface area contributed by atoms with Crippen molar-refractivity contribution < 1.29 is 14.2 Å². The van der Waals surface area contributed by atoms with E-state index in [0.717, 1.165) is 42.3 Å². The van der Waals surface area contributed by atoms with Crippen molar-refractivity contribution in [2.24, 2.45) is 0 Å². The fourth-order valence-electron chi connectivity index (χ4n) is 2.21. The van der Waals surface area contributed by atoms with E-state index in [1.807, 2.05) is 12.1 Å². The van der Waals surface area contributed by atoms with Crippen LogP contribution in [0.1, 0.15) is 18.1 Å². The Morgan fingerprint density at radius 2 is 2.14 bits per heavy atom. The van der Waals surface area contributed by atoms with Crippen molar-refractivity contribution in [1.82, 2.24) is 5.32 Å². The van der Waals surface area contributed by atoms with Crippen LogP contribution in [0.2, 0.25) is 0 Å². The summed E-state index contributed by atoms with van der Waals surface area (Å²) in [5.74, 6) is 2.43. The number of rotatable bonds is 7. The predicted octanol–water partition coefficient (Wildman–Crippen LogP) is 3.21. The minimum absolute atomic E-state index is 0.286.